The maximum absolute atomic E-state index is 12.8. The highest BCUT2D eigenvalue weighted by Crippen LogP contribution is 2.41. The maximum Gasteiger partial charge on any atom is 0.255 e. The molecule has 0 unspecified atom stereocenters. The van der Waals surface area contributed by atoms with E-state index in [2.05, 4.69) is 15.2 Å². The second-order valence-corrected chi connectivity index (χ2v) is 6.86. The van der Waals surface area contributed by atoms with E-state index < -0.39 is 0 Å². The monoisotopic (exact) mass is 354 g/mol. The second-order valence-electron chi connectivity index (χ2n) is 6.86. The van der Waals surface area contributed by atoms with Gasteiger partial charge in [-0.3, -0.25) is 9.78 Å². The van der Waals surface area contributed by atoms with E-state index >= 15 is 0 Å². The molecule has 1 spiro atoms. The van der Waals surface area contributed by atoms with E-state index in [1.165, 1.54) is 6.20 Å². The van der Waals surface area contributed by atoms with Gasteiger partial charge in [-0.05, 0) is 37.5 Å². The molecule has 2 aromatic rings. The number of pyridine rings is 1. The molecular formula is C19H22N4O3. The standard InChI is InChI=1S/C19H22N4O3/c24-18(15-5-8-21-22-11-15)23-9-10-26-19(14-23)6-1-3-16(19)13-25-17-4-2-7-20-12-17/h2,4-5,7-8,11-12,16H,1,3,6,9-10,13-14H2/t16-,19+/m0/s1. The zero-order valence-electron chi connectivity index (χ0n) is 14.6. The first-order valence-corrected chi connectivity index (χ1v) is 9.00. The summed E-state index contributed by atoms with van der Waals surface area (Å²) in [6.45, 7) is 2.31. The van der Waals surface area contributed by atoms with Crippen molar-refractivity contribution in [3.05, 3.63) is 48.5 Å². The number of morpholine rings is 1. The molecule has 0 N–H and O–H groups in total. The zero-order valence-corrected chi connectivity index (χ0v) is 14.6. The van der Waals surface area contributed by atoms with Crippen molar-refractivity contribution in [2.75, 3.05) is 26.3 Å². The molecule has 1 aliphatic heterocycles. The summed E-state index contributed by atoms with van der Waals surface area (Å²) in [6, 6.07) is 5.47. The summed E-state index contributed by atoms with van der Waals surface area (Å²) in [6.07, 6.45) is 9.58. The molecule has 2 aliphatic rings. The Morgan fingerprint density at radius 3 is 3.08 bits per heavy atom. The normalized spacial score (nSPS) is 25.4. The molecule has 1 aliphatic carbocycles. The van der Waals surface area contributed by atoms with E-state index in [0.717, 1.165) is 25.0 Å². The molecular weight excluding hydrogens is 332 g/mol. The average molecular weight is 354 g/mol. The van der Waals surface area contributed by atoms with E-state index in [4.69, 9.17) is 9.47 Å². The predicted molar refractivity (Wildman–Crippen MR) is 93.7 cm³/mol. The molecule has 7 heteroatoms. The Balaban J connectivity index is 1.45. The molecule has 0 aromatic carbocycles. The lowest BCUT2D eigenvalue weighted by Gasteiger charge is -2.44. The molecule has 136 valence electrons. The molecule has 2 aromatic heterocycles. The SMILES string of the molecule is O=C(c1ccnnc1)N1CCO[C@]2(CCC[C@H]2COc2cccnc2)C1. The summed E-state index contributed by atoms with van der Waals surface area (Å²) in [5.41, 5.74) is 0.245. The summed E-state index contributed by atoms with van der Waals surface area (Å²) < 4.78 is 12.2. The fraction of sp³-hybridized carbons (Fsp3) is 0.474. The van der Waals surface area contributed by atoms with Crippen molar-refractivity contribution in [2.24, 2.45) is 5.92 Å². The van der Waals surface area contributed by atoms with Crippen LogP contribution in [0.5, 0.6) is 5.75 Å². The van der Waals surface area contributed by atoms with Crippen LogP contribution in [0.3, 0.4) is 0 Å². The fourth-order valence-corrected chi connectivity index (χ4v) is 3.96. The van der Waals surface area contributed by atoms with Crippen LogP contribution in [0.15, 0.2) is 43.0 Å². The van der Waals surface area contributed by atoms with Gasteiger partial charge in [0, 0.05) is 18.7 Å². The summed E-state index contributed by atoms with van der Waals surface area (Å²) in [5.74, 6) is 1.01. The van der Waals surface area contributed by atoms with Crippen molar-refractivity contribution < 1.29 is 14.3 Å². The van der Waals surface area contributed by atoms with Crippen molar-refractivity contribution in [1.29, 1.82) is 0 Å². The molecule has 1 amide bonds. The summed E-state index contributed by atoms with van der Waals surface area (Å²) in [5, 5.41) is 7.55. The third-order valence-electron chi connectivity index (χ3n) is 5.31. The summed E-state index contributed by atoms with van der Waals surface area (Å²) in [7, 11) is 0. The molecule has 1 saturated carbocycles. The van der Waals surface area contributed by atoms with Crippen LogP contribution in [0.25, 0.3) is 0 Å². The first kappa shape index (κ1) is 16.9. The first-order valence-electron chi connectivity index (χ1n) is 9.00. The number of amides is 1. The number of aromatic nitrogens is 3. The minimum Gasteiger partial charge on any atom is -0.492 e. The van der Waals surface area contributed by atoms with Gasteiger partial charge in [0.1, 0.15) is 5.75 Å². The quantitative estimate of drug-likeness (QED) is 0.835. The van der Waals surface area contributed by atoms with Crippen LogP contribution in [-0.2, 0) is 4.74 Å². The molecule has 7 nitrogen and oxygen atoms in total. The predicted octanol–water partition coefficient (Wildman–Crippen LogP) is 1.96. The van der Waals surface area contributed by atoms with Gasteiger partial charge in [-0.25, -0.2) is 0 Å². The van der Waals surface area contributed by atoms with Crippen LogP contribution >= 0.6 is 0 Å². The number of hydrogen-bond acceptors (Lipinski definition) is 6. The third-order valence-corrected chi connectivity index (χ3v) is 5.31. The topological polar surface area (TPSA) is 77.4 Å². The highest BCUT2D eigenvalue weighted by atomic mass is 16.5. The van der Waals surface area contributed by atoms with Crippen LogP contribution in [0, 0.1) is 5.92 Å². The Bertz CT molecular complexity index is 743. The Kier molecular flexibility index (Phi) is 4.79. The van der Waals surface area contributed by atoms with E-state index in [-0.39, 0.29) is 17.4 Å². The lowest BCUT2D eigenvalue weighted by molar-refractivity contribution is -0.126. The van der Waals surface area contributed by atoms with Gasteiger partial charge in [-0.1, -0.05) is 0 Å². The van der Waals surface area contributed by atoms with Gasteiger partial charge in [0.15, 0.2) is 0 Å². The van der Waals surface area contributed by atoms with Gasteiger partial charge >= 0.3 is 0 Å². The zero-order chi connectivity index (χ0) is 17.8. The Labute approximate surface area is 152 Å². The van der Waals surface area contributed by atoms with Gasteiger partial charge in [0.05, 0.1) is 49.5 Å². The number of ether oxygens (including phenoxy) is 2. The Hall–Kier alpha value is -2.54. The van der Waals surface area contributed by atoms with Gasteiger partial charge in [-0.15, -0.1) is 0 Å². The number of nitrogens with zero attached hydrogens (tertiary/aromatic N) is 4. The Morgan fingerprint density at radius 1 is 1.31 bits per heavy atom. The minimum absolute atomic E-state index is 0.0126. The minimum atomic E-state index is -0.323. The fourth-order valence-electron chi connectivity index (χ4n) is 3.96. The van der Waals surface area contributed by atoms with Crippen LogP contribution in [0.4, 0.5) is 0 Å². The molecule has 0 bridgehead atoms. The maximum atomic E-state index is 12.8. The van der Waals surface area contributed by atoms with Crippen molar-refractivity contribution in [3.8, 4) is 5.75 Å². The molecule has 4 rings (SSSR count). The third kappa shape index (κ3) is 3.39. The van der Waals surface area contributed by atoms with E-state index in [0.29, 0.717) is 31.9 Å². The van der Waals surface area contributed by atoms with Gasteiger partial charge in [0.2, 0.25) is 0 Å². The van der Waals surface area contributed by atoms with Gasteiger partial charge < -0.3 is 14.4 Å². The summed E-state index contributed by atoms with van der Waals surface area (Å²) >= 11 is 0. The molecule has 26 heavy (non-hydrogen) atoms. The van der Waals surface area contributed by atoms with Crippen molar-refractivity contribution in [3.63, 3.8) is 0 Å². The number of carbonyl (C=O) groups is 1. The van der Waals surface area contributed by atoms with Crippen LogP contribution < -0.4 is 4.74 Å². The average Bonchev–Trinajstić information content (AvgIpc) is 3.08. The summed E-state index contributed by atoms with van der Waals surface area (Å²) in [4.78, 5) is 18.7. The largest absolute Gasteiger partial charge is 0.492 e. The van der Waals surface area contributed by atoms with Crippen LogP contribution in [-0.4, -0.2) is 57.9 Å². The lowest BCUT2D eigenvalue weighted by Crippen LogP contribution is -2.56. The number of rotatable bonds is 4. The molecule has 2 atom stereocenters. The van der Waals surface area contributed by atoms with Crippen molar-refractivity contribution >= 4 is 5.91 Å². The number of carbonyl (C=O) groups excluding carboxylic acids is 1. The van der Waals surface area contributed by atoms with Crippen molar-refractivity contribution in [1.82, 2.24) is 20.1 Å². The van der Waals surface area contributed by atoms with E-state index in [9.17, 15) is 4.79 Å². The molecule has 3 heterocycles. The first-order chi connectivity index (χ1) is 12.8. The molecule has 2 fully saturated rings. The van der Waals surface area contributed by atoms with E-state index in [1.54, 1.807) is 24.7 Å². The second kappa shape index (κ2) is 7.37. The Morgan fingerprint density at radius 2 is 2.27 bits per heavy atom. The molecule has 1 saturated heterocycles. The number of hydrogen-bond donors (Lipinski definition) is 0. The van der Waals surface area contributed by atoms with Crippen LogP contribution in [0.2, 0.25) is 0 Å². The van der Waals surface area contributed by atoms with Crippen LogP contribution in [0.1, 0.15) is 29.6 Å². The highest BCUT2D eigenvalue weighted by Gasteiger charge is 2.48. The molecule has 0 radical (unpaired) electrons. The highest BCUT2D eigenvalue weighted by molar-refractivity contribution is 5.93. The van der Waals surface area contributed by atoms with Gasteiger partial charge in [-0.2, -0.15) is 10.2 Å². The van der Waals surface area contributed by atoms with Crippen molar-refractivity contribution in [2.45, 2.75) is 24.9 Å². The smallest absolute Gasteiger partial charge is 0.255 e. The van der Waals surface area contributed by atoms with E-state index in [1.807, 2.05) is 17.0 Å². The lowest BCUT2D eigenvalue weighted by atomic mass is 9.89. The van der Waals surface area contributed by atoms with Gasteiger partial charge in [0.25, 0.3) is 5.91 Å².